The first-order chi connectivity index (χ1) is 16.5. The number of Topliss-reactive ketones (excluding diaryl/α,β-unsaturated/α-hetero) is 1. The molecule has 0 radical (unpaired) electrons. The van der Waals surface area contributed by atoms with Crippen LogP contribution < -0.4 is 14.7 Å². The number of carbonyl (C=O) groups excluding carboxylic acids is 2. The molecule has 7 nitrogen and oxygen atoms in total. The number of nitrogens with one attached hydrogen (secondary N) is 1. The molecule has 2 aromatic carbocycles. The summed E-state index contributed by atoms with van der Waals surface area (Å²) in [6.45, 7) is 6.55. The third-order valence-electron chi connectivity index (χ3n) is 6.21. The molecule has 2 heterocycles. The van der Waals surface area contributed by atoms with Crippen molar-refractivity contribution in [3.05, 3.63) is 71.0 Å². The third kappa shape index (κ3) is 5.13. The van der Waals surface area contributed by atoms with Crippen LogP contribution in [0.5, 0.6) is 5.75 Å². The van der Waals surface area contributed by atoms with E-state index in [9.17, 15) is 19.1 Å². The number of quaternary nitrogens is 1. The van der Waals surface area contributed by atoms with Crippen LogP contribution in [0.25, 0.3) is 5.76 Å². The van der Waals surface area contributed by atoms with Crippen molar-refractivity contribution in [2.45, 2.75) is 19.4 Å². The fourth-order valence-corrected chi connectivity index (χ4v) is 4.36. The Kier molecular flexibility index (Phi) is 7.59. The molecular formula is C26H29FN2O5. The maximum Gasteiger partial charge on any atom is 0.295 e. The zero-order valence-corrected chi connectivity index (χ0v) is 19.2. The van der Waals surface area contributed by atoms with E-state index in [4.69, 9.17) is 9.47 Å². The van der Waals surface area contributed by atoms with E-state index in [-0.39, 0.29) is 11.1 Å². The number of carbonyl (C=O) groups is 2. The van der Waals surface area contributed by atoms with Crippen LogP contribution in [0, 0.1) is 5.82 Å². The van der Waals surface area contributed by atoms with E-state index in [0.29, 0.717) is 44.2 Å². The molecule has 1 amide bonds. The Morgan fingerprint density at radius 3 is 2.44 bits per heavy atom. The fraction of sp³-hybridized carbons (Fsp3) is 0.385. The number of ketones is 1. The summed E-state index contributed by atoms with van der Waals surface area (Å²) >= 11 is 0. The second-order valence-electron chi connectivity index (χ2n) is 8.51. The van der Waals surface area contributed by atoms with E-state index >= 15 is 0 Å². The molecule has 2 fully saturated rings. The van der Waals surface area contributed by atoms with Gasteiger partial charge in [0.2, 0.25) is 5.78 Å². The minimum absolute atomic E-state index is 0.101. The largest absolute Gasteiger partial charge is 0.872 e. The number of benzene rings is 2. The average molecular weight is 469 g/mol. The zero-order chi connectivity index (χ0) is 24.1. The summed E-state index contributed by atoms with van der Waals surface area (Å²) in [6.07, 6.45) is 0.870. The number of nitrogens with zero attached hydrogens (tertiary/aromatic N) is 1. The molecule has 8 heteroatoms. The average Bonchev–Trinajstić information content (AvgIpc) is 3.12. The van der Waals surface area contributed by atoms with Gasteiger partial charge in [0, 0.05) is 5.57 Å². The van der Waals surface area contributed by atoms with Crippen LogP contribution in [0.1, 0.15) is 30.5 Å². The first kappa shape index (κ1) is 23.9. The summed E-state index contributed by atoms with van der Waals surface area (Å²) in [7, 11) is 0. The summed E-state index contributed by atoms with van der Waals surface area (Å²) in [5, 5.41) is 13.4. The van der Waals surface area contributed by atoms with Gasteiger partial charge in [-0.1, -0.05) is 36.9 Å². The molecule has 180 valence electrons. The highest BCUT2D eigenvalue weighted by Gasteiger charge is 2.44. The summed E-state index contributed by atoms with van der Waals surface area (Å²) in [6, 6.07) is 11.3. The number of halogens is 1. The summed E-state index contributed by atoms with van der Waals surface area (Å²) in [5.74, 6) is -1.85. The SMILES string of the molecule is CCCOc1ccc(C2C(=C([O-])c3ccc(F)cc3)C(=O)C(=O)N2CC[NH+]2CCOCC2)cc1. The van der Waals surface area contributed by atoms with Crippen LogP contribution in [0.2, 0.25) is 0 Å². The van der Waals surface area contributed by atoms with Gasteiger partial charge in [-0.15, -0.1) is 0 Å². The van der Waals surface area contributed by atoms with Gasteiger partial charge in [-0.2, -0.15) is 0 Å². The number of rotatable bonds is 8. The smallest absolute Gasteiger partial charge is 0.295 e. The highest BCUT2D eigenvalue weighted by atomic mass is 19.1. The van der Waals surface area contributed by atoms with E-state index < -0.39 is 29.3 Å². The van der Waals surface area contributed by atoms with Crippen molar-refractivity contribution in [3.63, 3.8) is 0 Å². The molecule has 1 unspecified atom stereocenters. The Morgan fingerprint density at radius 1 is 1.12 bits per heavy atom. The molecule has 2 aromatic rings. The van der Waals surface area contributed by atoms with Gasteiger partial charge in [-0.25, -0.2) is 4.39 Å². The molecule has 0 saturated carbocycles. The van der Waals surface area contributed by atoms with Gasteiger partial charge in [-0.3, -0.25) is 9.59 Å². The number of likely N-dealkylation sites (tertiary alicyclic amines) is 1. The van der Waals surface area contributed by atoms with Crippen LogP contribution in [0.15, 0.2) is 54.1 Å². The predicted molar refractivity (Wildman–Crippen MR) is 121 cm³/mol. The second kappa shape index (κ2) is 10.8. The molecule has 0 aromatic heterocycles. The molecule has 34 heavy (non-hydrogen) atoms. The maximum absolute atomic E-state index is 13.4. The van der Waals surface area contributed by atoms with Crippen molar-refractivity contribution in [3.8, 4) is 5.75 Å². The number of hydrogen-bond acceptors (Lipinski definition) is 5. The van der Waals surface area contributed by atoms with E-state index in [1.807, 2.05) is 6.92 Å². The molecule has 2 saturated heterocycles. The first-order valence-electron chi connectivity index (χ1n) is 11.7. The molecule has 0 bridgehead atoms. The summed E-state index contributed by atoms with van der Waals surface area (Å²) in [5.41, 5.74) is 0.729. The molecule has 0 spiro atoms. The lowest BCUT2D eigenvalue weighted by atomic mass is 9.95. The van der Waals surface area contributed by atoms with Crippen LogP contribution in [-0.4, -0.2) is 62.6 Å². The van der Waals surface area contributed by atoms with Crippen molar-refractivity contribution in [2.75, 3.05) is 46.0 Å². The van der Waals surface area contributed by atoms with Crippen molar-refractivity contribution in [1.29, 1.82) is 0 Å². The Labute approximate surface area is 198 Å². The van der Waals surface area contributed by atoms with Crippen LogP contribution in [-0.2, 0) is 14.3 Å². The van der Waals surface area contributed by atoms with Gasteiger partial charge in [0.1, 0.15) is 24.7 Å². The molecule has 4 rings (SSSR count). The number of hydrogen-bond donors (Lipinski definition) is 1. The molecule has 1 N–H and O–H groups in total. The topological polar surface area (TPSA) is 83.3 Å². The van der Waals surface area contributed by atoms with Crippen molar-refractivity contribution in [2.24, 2.45) is 0 Å². The van der Waals surface area contributed by atoms with Gasteiger partial charge in [0.15, 0.2) is 0 Å². The van der Waals surface area contributed by atoms with E-state index in [2.05, 4.69) is 0 Å². The Morgan fingerprint density at radius 2 is 1.79 bits per heavy atom. The van der Waals surface area contributed by atoms with E-state index in [1.54, 1.807) is 24.3 Å². The van der Waals surface area contributed by atoms with E-state index in [0.717, 1.165) is 19.5 Å². The zero-order valence-electron chi connectivity index (χ0n) is 19.2. The Balaban J connectivity index is 1.69. The van der Waals surface area contributed by atoms with Crippen molar-refractivity contribution >= 4 is 17.4 Å². The minimum atomic E-state index is -0.807. The number of ether oxygens (including phenoxy) is 2. The Bertz CT molecular complexity index is 1050. The maximum atomic E-state index is 13.4. The number of morpholine rings is 1. The van der Waals surface area contributed by atoms with Gasteiger partial charge in [-0.05, 0) is 41.8 Å². The van der Waals surface area contributed by atoms with Crippen LogP contribution in [0.4, 0.5) is 4.39 Å². The molecule has 2 aliphatic heterocycles. The van der Waals surface area contributed by atoms with Crippen LogP contribution >= 0.6 is 0 Å². The second-order valence-corrected chi connectivity index (χ2v) is 8.51. The standard InChI is InChI=1S/C26H29FN2O5/c1-2-15-34-21-9-5-18(6-10-21)23-22(24(30)19-3-7-20(27)8-4-19)25(31)26(32)29(23)12-11-28-13-16-33-17-14-28/h3-10,23,30H,2,11-17H2,1H3. The molecular weight excluding hydrogens is 439 g/mol. The highest BCUT2D eigenvalue weighted by Crippen LogP contribution is 2.38. The quantitative estimate of drug-likeness (QED) is 0.351. The van der Waals surface area contributed by atoms with Crippen LogP contribution in [0.3, 0.4) is 0 Å². The highest BCUT2D eigenvalue weighted by molar-refractivity contribution is 6.46. The Hall–Kier alpha value is -3.23. The van der Waals surface area contributed by atoms with Gasteiger partial charge in [0.05, 0.1) is 39.0 Å². The normalized spacial score (nSPS) is 20.6. The first-order valence-corrected chi connectivity index (χ1v) is 11.7. The lowest BCUT2D eigenvalue weighted by Gasteiger charge is -2.30. The van der Waals surface area contributed by atoms with Crippen molar-refractivity contribution in [1.82, 2.24) is 4.90 Å². The molecule has 0 aliphatic carbocycles. The van der Waals surface area contributed by atoms with Gasteiger partial charge < -0.3 is 24.4 Å². The predicted octanol–water partition coefficient (Wildman–Crippen LogP) is 0.754. The minimum Gasteiger partial charge on any atom is -0.872 e. The summed E-state index contributed by atoms with van der Waals surface area (Å²) < 4.78 is 24.5. The van der Waals surface area contributed by atoms with Gasteiger partial charge in [0.25, 0.3) is 5.91 Å². The summed E-state index contributed by atoms with van der Waals surface area (Å²) in [4.78, 5) is 28.9. The molecule has 1 atom stereocenters. The van der Waals surface area contributed by atoms with Gasteiger partial charge >= 0.3 is 0 Å². The lowest BCUT2D eigenvalue weighted by molar-refractivity contribution is -0.907. The monoisotopic (exact) mass is 468 g/mol. The fourth-order valence-electron chi connectivity index (χ4n) is 4.36. The lowest BCUT2D eigenvalue weighted by Crippen LogP contribution is -3.14. The molecule has 2 aliphatic rings. The van der Waals surface area contributed by atoms with Crippen molar-refractivity contribution < 1.29 is 33.5 Å². The number of amides is 1. The third-order valence-corrected chi connectivity index (χ3v) is 6.21. The van der Waals surface area contributed by atoms with E-state index in [1.165, 1.54) is 34.1 Å².